The second kappa shape index (κ2) is 5.51. The van der Waals surface area contributed by atoms with Crippen molar-refractivity contribution in [3.8, 4) is 11.3 Å². The van der Waals surface area contributed by atoms with Crippen LogP contribution in [0.1, 0.15) is 20.8 Å². The van der Waals surface area contributed by atoms with Gasteiger partial charge in [-0.15, -0.1) is 0 Å². The highest BCUT2D eigenvalue weighted by Crippen LogP contribution is 2.22. The average Bonchev–Trinajstić information content (AvgIpc) is 2.79. The summed E-state index contributed by atoms with van der Waals surface area (Å²) in [5.41, 5.74) is 1.24. The lowest BCUT2D eigenvalue weighted by molar-refractivity contribution is 0.238. The largest absolute Gasteiger partial charge is 0.333 e. The predicted molar refractivity (Wildman–Crippen MR) is 80.9 cm³/mol. The van der Waals surface area contributed by atoms with Gasteiger partial charge < -0.3 is 5.32 Å². The van der Waals surface area contributed by atoms with E-state index >= 15 is 0 Å². The molecule has 0 aromatic carbocycles. The van der Waals surface area contributed by atoms with Crippen molar-refractivity contribution in [2.45, 2.75) is 26.3 Å². The van der Waals surface area contributed by atoms with Gasteiger partial charge in [0.2, 0.25) is 0 Å². The first-order valence-corrected chi connectivity index (χ1v) is 6.63. The number of rotatable bonds is 2. The highest BCUT2D eigenvalue weighted by Gasteiger charge is 2.21. The standard InChI is InChI=1S/C14H20N6O/c1-14(2,3)17-13(21)19(4)12-6-11(18-20(12)5)10-7-15-9-16-8-10/h6-9H,1-5H3,(H,17,21). The molecule has 2 aromatic rings. The maximum absolute atomic E-state index is 12.2. The normalized spacial score (nSPS) is 11.3. The molecule has 2 heterocycles. The van der Waals surface area contributed by atoms with Crippen LogP contribution < -0.4 is 10.2 Å². The van der Waals surface area contributed by atoms with E-state index in [0.717, 1.165) is 11.3 Å². The second-order valence-electron chi connectivity index (χ2n) is 5.88. The third-order valence-corrected chi connectivity index (χ3v) is 2.84. The highest BCUT2D eigenvalue weighted by atomic mass is 16.2. The third kappa shape index (κ3) is 3.56. The van der Waals surface area contributed by atoms with E-state index < -0.39 is 0 Å². The molecule has 0 fully saturated rings. The topological polar surface area (TPSA) is 75.9 Å². The van der Waals surface area contributed by atoms with Gasteiger partial charge in [-0.05, 0) is 20.8 Å². The highest BCUT2D eigenvalue weighted by molar-refractivity contribution is 5.91. The van der Waals surface area contributed by atoms with E-state index in [4.69, 9.17) is 0 Å². The second-order valence-corrected chi connectivity index (χ2v) is 5.88. The van der Waals surface area contributed by atoms with Crippen LogP contribution in [0.4, 0.5) is 10.6 Å². The first kappa shape index (κ1) is 15.0. The van der Waals surface area contributed by atoms with Gasteiger partial charge in [0, 0.05) is 43.7 Å². The summed E-state index contributed by atoms with van der Waals surface area (Å²) in [4.78, 5) is 21.7. The summed E-state index contributed by atoms with van der Waals surface area (Å²) in [6.45, 7) is 5.82. The molecule has 0 aliphatic heterocycles. The maximum atomic E-state index is 12.2. The summed E-state index contributed by atoms with van der Waals surface area (Å²) in [5.74, 6) is 0.690. The molecule has 2 amide bonds. The molecule has 0 aliphatic carbocycles. The Labute approximate surface area is 124 Å². The van der Waals surface area contributed by atoms with Crippen molar-refractivity contribution in [2.75, 3.05) is 11.9 Å². The van der Waals surface area contributed by atoms with E-state index in [-0.39, 0.29) is 11.6 Å². The van der Waals surface area contributed by atoms with Crippen molar-refractivity contribution in [1.29, 1.82) is 0 Å². The molecule has 0 atom stereocenters. The number of urea groups is 1. The fraction of sp³-hybridized carbons (Fsp3) is 0.429. The minimum absolute atomic E-state index is 0.179. The molecule has 0 radical (unpaired) electrons. The lowest BCUT2D eigenvalue weighted by Gasteiger charge is -2.25. The molecule has 112 valence electrons. The molecule has 7 heteroatoms. The Morgan fingerprint density at radius 3 is 2.48 bits per heavy atom. The molecular formula is C14H20N6O. The molecule has 0 bridgehead atoms. The zero-order valence-corrected chi connectivity index (χ0v) is 13.0. The monoisotopic (exact) mass is 288 g/mol. The molecule has 0 saturated carbocycles. The first-order chi connectivity index (χ1) is 9.78. The van der Waals surface area contributed by atoms with Gasteiger partial charge in [-0.25, -0.2) is 14.8 Å². The number of amides is 2. The van der Waals surface area contributed by atoms with Crippen LogP contribution in [0.5, 0.6) is 0 Å². The van der Waals surface area contributed by atoms with Crippen LogP contribution in [-0.4, -0.2) is 38.4 Å². The number of carbonyl (C=O) groups excluding carboxylic acids is 1. The molecular weight excluding hydrogens is 268 g/mol. The van der Waals surface area contributed by atoms with Crippen LogP contribution in [0.15, 0.2) is 24.8 Å². The van der Waals surface area contributed by atoms with Crippen LogP contribution in [0.25, 0.3) is 11.3 Å². The zero-order valence-electron chi connectivity index (χ0n) is 13.0. The lowest BCUT2D eigenvalue weighted by atomic mass is 10.1. The van der Waals surface area contributed by atoms with Crippen LogP contribution in [0, 0.1) is 0 Å². The van der Waals surface area contributed by atoms with Crippen molar-refractivity contribution in [2.24, 2.45) is 7.05 Å². The number of aryl methyl sites for hydroxylation is 1. The van der Waals surface area contributed by atoms with Crippen LogP contribution in [-0.2, 0) is 7.05 Å². The molecule has 7 nitrogen and oxygen atoms in total. The van der Waals surface area contributed by atoms with Crippen molar-refractivity contribution >= 4 is 11.8 Å². The maximum Gasteiger partial charge on any atom is 0.323 e. The van der Waals surface area contributed by atoms with E-state index in [1.54, 1.807) is 31.2 Å². The number of nitrogens with one attached hydrogen (secondary N) is 1. The lowest BCUT2D eigenvalue weighted by Crippen LogP contribution is -2.47. The summed E-state index contributed by atoms with van der Waals surface area (Å²) in [5, 5.41) is 7.31. The van der Waals surface area contributed by atoms with E-state index in [9.17, 15) is 4.79 Å². The van der Waals surface area contributed by atoms with E-state index in [1.165, 1.54) is 11.2 Å². The molecule has 2 rings (SSSR count). The molecule has 0 aliphatic rings. The number of anilines is 1. The molecule has 21 heavy (non-hydrogen) atoms. The summed E-state index contributed by atoms with van der Waals surface area (Å²) in [6, 6.07) is 1.65. The zero-order chi connectivity index (χ0) is 15.6. The van der Waals surface area contributed by atoms with E-state index in [1.807, 2.05) is 26.8 Å². The summed E-state index contributed by atoms with van der Waals surface area (Å²) in [6.07, 6.45) is 4.85. The Kier molecular flexibility index (Phi) is 3.93. The van der Waals surface area contributed by atoms with Gasteiger partial charge in [0.05, 0.1) is 5.69 Å². The van der Waals surface area contributed by atoms with Crippen molar-refractivity contribution in [1.82, 2.24) is 25.1 Å². The van der Waals surface area contributed by atoms with Gasteiger partial charge in [-0.1, -0.05) is 0 Å². The van der Waals surface area contributed by atoms with Crippen molar-refractivity contribution in [3.05, 3.63) is 24.8 Å². The van der Waals surface area contributed by atoms with Gasteiger partial charge in [0.15, 0.2) is 0 Å². The fourth-order valence-electron chi connectivity index (χ4n) is 1.85. The Morgan fingerprint density at radius 1 is 1.29 bits per heavy atom. The summed E-state index contributed by atoms with van der Waals surface area (Å²) < 4.78 is 1.66. The quantitative estimate of drug-likeness (QED) is 0.914. The molecule has 0 spiro atoms. The van der Waals surface area contributed by atoms with Gasteiger partial charge in [0.25, 0.3) is 0 Å². The number of aromatic nitrogens is 4. The number of hydrogen-bond donors (Lipinski definition) is 1. The van der Waals surface area contributed by atoms with Gasteiger partial charge >= 0.3 is 6.03 Å². The van der Waals surface area contributed by atoms with Gasteiger partial charge in [0.1, 0.15) is 12.1 Å². The summed E-state index contributed by atoms with van der Waals surface area (Å²) in [7, 11) is 3.51. The van der Waals surface area contributed by atoms with Crippen molar-refractivity contribution < 1.29 is 4.79 Å². The average molecular weight is 288 g/mol. The van der Waals surface area contributed by atoms with E-state index in [0.29, 0.717) is 5.82 Å². The smallest absolute Gasteiger partial charge is 0.323 e. The Morgan fingerprint density at radius 2 is 1.90 bits per heavy atom. The fourth-order valence-corrected chi connectivity index (χ4v) is 1.85. The number of carbonyl (C=O) groups is 1. The Bertz CT molecular complexity index is 629. The molecule has 1 N–H and O–H groups in total. The van der Waals surface area contributed by atoms with Crippen LogP contribution in [0.3, 0.4) is 0 Å². The molecule has 0 unspecified atom stereocenters. The van der Waals surface area contributed by atoms with Crippen LogP contribution >= 0.6 is 0 Å². The number of hydrogen-bond acceptors (Lipinski definition) is 4. The third-order valence-electron chi connectivity index (χ3n) is 2.84. The SMILES string of the molecule is CN(C(=O)NC(C)(C)C)c1cc(-c2cncnc2)nn1C. The van der Waals surface area contributed by atoms with E-state index in [2.05, 4.69) is 20.4 Å². The number of nitrogens with zero attached hydrogens (tertiary/aromatic N) is 5. The minimum atomic E-state index is -0.292. The first-order valence-electron chi connectivity index (χ1n) is 6.63. The molecule has 0 saturated heterocycles. The Balaban J connectivity index is 2.25. The van der Waals surface area contributed by atoms with Crippen LogP contribution in [0.2, 0.25) is 0 Å². The van der Waals surface area contributed by atoms with Gasteiger partial charge in [-0.2, -0.15) is 5.10 Å². The summed E-state index contributed by atoms with van der Waals surface area (Å²) >= 11 is 0. The van der Waals surface area contributed by atoms with Crippen molar-refractivity contribution in [3.63, 3.8) is 0 Å². The predicted octanol–water partition coefficient (Wildman–Crippen LogP) is 1.82. The minimum Gasteiger partial charge on any atom is -0.333 e. The molecule has 2 aromatic heterocycles. The van der Waals surface area contributed by atoms with Gasteiger partial charge in [-0.3, -0.25) is 9.58 Å². The Hall–Kier alpha value is -2.44.